The summed E-state index contributed by atoms with van der Waals surface area (Å²) in [6, 6.07) is 26.1. The molecule has 0 saturated heterocycles. The topological polar surface area (TPSA) is 38.7 Å². The Kier molecular flexibility index (Phi) is 4.70. The van der Waals surface area contributed by atoms with Gasteiger partial charge in [-0.25, -0.2) is 15.0 Å². The first-order valence-electron chi connectivity index (χ1n) is 21.2. The first kappa shape index (κ1) is 19.9. The molecule has 10 aromatic rings. The summed E-state index contributed by atoms with van der Waals surface area (Å²) in [6.45, 7) is 0. The molecular formula is C45H27N3S2. The molecule has 0 unspecified atom stereocenters. The third-order valence-electron chi connectivity index (χ3n) is 8.50. The van der Waals surface area contributed by atoms with Gasteiger partial charge in [-0.15, -0.1) is 22.7 Å². The maximum Gasteiger partial charge on any atom is 0.164 e. The Labute approximate surface area is 312 Å². The Morgan fingerprint density at radius 2 is 1.00 bits per heavy atom. The number of nitrogens with zero attached hydrogens (tertiary/aromatic N) is 3. The molecule has 0 fully saturated rings. The molecule has 0 saturated carbocycles. The van der Waals surface area contributed by atoms with Gasteiger partial charge in [0.15, 0.2) is 17.5 Å². The second-order valence-corrected chi connectivity index (χ2v) is 13.7. The van der Waals surface area contributed by atoms with Crippen LogP contribution in [0.1, 0.15) is 15.1 Å². The highest BCUT2D eigenvalue weighted by atomic mass is 32.1. The van der Waals surface area contributed by atoms with Crippen molar-refractivity contribution in [3.05, 3.63) is 164 Å². The number of rotatable bonds is 5. The fourth-order valence-corrected chi connectivity index (χ4v) is 8.11. The van der Waals surface area contributed by atoms with E-state index in [4.69, 9.17) is 24.5 Å². The Bertz CT molecular complexity index is 3470. The van der Waals surface area contributed by atoms with Crippen molar-refractivity contribution >= 4 is 63.0 Å². The average Bonchev–Trinajstić information content (AvgIpc) is 3.88. The van der Waals surface area contributed by atoms with E-state index in [1.54, 1.807) is 11.3 Å². The monoisotopic (exact) mass is 684 g/mol. The van der Waals surface area contributed by atoms with Crippen molar-refractivity contribution in [1.29, 1.82) is 0 Å². The zero-order valence-corrected chi connectivity index (χ0v) is 27.5. The van der Waals surface area contributed by atoms with E-state index < -0.39 is 59.9 Å². The van der Waals surface area contributed by atoms with E-state index in [-0.39, 0.29) is 60.9 Å². The van der Waals surface area contributed by atoms with Gasteiger partial charge < -0.3 is 0 Å². The van der Waals surface area contributed by atoms with Gasteiger partial charge >= 0.3 is 0 Å². The van der Waals surface area contributed by atoms with Gasteiger partial charge in [0.05, 0.1) is 15.1 Å². The molecule has 5 heteroatoms. The van der Waals surface area contributed by atoms with Gasteiger partial charge in [0.1, 0.15) is 0 Å². The fourth-order valence-electron chi connectivity index (χ4n) is 6.06. The maximum absolute atomic E-state index is 9.57. The quantitative estimate of drug-likeness (QED) is 0.181. The van der Waals surface area contributed by atoms with Crippen LogP contribution in [0.2, 0.25) is 0 Å². The third-order valence-corrected chi connectivity index (χ3v) is 10.7. The van der Waals surface area contributed by atoms with Gasteiger partial charge in [0.2, 0.25) is 0 Å². The minimum Gasteiger partial charge on any atom is -0.208 e. The lowest BCUT2D eigenvalue weighted by Gasteiger charge is -2.10. The molecule has 0 radical (unpaired) electrons. The van der Waals surface area contributed by atoms with Crippen LogP contribution in [0.25, 0.3) is 96.8 Å². The molecule has 0 N–H and O–H groups in total. The molecule has 3 aromatic heterocycles. The summed E-state index contributed by atoms with van der Waals surface area (Å²) in [7, 11) is 0. The zero-order valence-electron chi connectivity index (χ0n) is 36.9. The van der Waals surface area contributed by atoms with E-state index in [1.165, 1.54) is 0 Å². The molecular weight excluding hydrogens is 647 g/mol. The Balaban J connectivity index is 1.21. The van der Waals surface area contributed by atoms with Crippen LogP contribution in [-0.2, 0) is 0 Å². The molecule has 3 nitrogen and oxygen atoms in total. The lowest BCUT2D eigenvalue weighted by atomic mass is 10.0. The van der Waals surface area contributed by atoms with E-state index in [0.29, 0.717) is 11.1 Å². The summed E-state index contributed by atoms with van der Waals surface area (Å²) >= 11 is 2.59. The van der Waals surface area contributed by atoms with E-state index >= 15 is 0 Å². The van der Waals surface area contributed by atoms with E-state index in [1.807, 2.05) is 84.9 Å². The number of aromatic nitrogens is 3. The highest BCUT2D eigenvalue weighted by Gasteiger charge is 2.16. The van der Waals surface area contributed by atoms with Crippen LogP contribution >= 0.6 is 22.7 Å². The van der Waals surface area contributed by atoms with E-state index in [9.17, 15) is 5.48 Å². The molecule has 3 heterocycles. The predicted molar refractivity (Wildman–Crippen MR) is 213 cm³/mol. The number of benzene rings is 7. The molecule has 0 aliphatic carbocycles. The summed E-state index contributed by atoms with van der Waals surface area (Å²) < 4.78 is 99.6. The summed E-state index contributed by atoms with van der Waals surface area (Å²) in [5.41, 5.74) is 2.51. The Morgan fingerprint density at radius 3 is 1.84 bits per heavy atom. The number of hydrogen-bond acceptors (Lipinski definition) is 5. The van der Waals surface area contributed by atoms with Crippen molar-refractivity contribution in [2.45, 2.75) is 0 Å². The lowest BCUT2D eigenvalue weighted by Crippen LogP contribution is -2.00. The smallest absolute Gasteiger partial charge is 0.164 e. The molecule has 50 heavy (non-hydrogen) atoms. The second kappa shape index (κ2) is 11.8. The SMILES string of the molecule is [2H]c1c([2H])c([2H])c(-c2c([2H])c([2H])c3sc4c([2H])c(-c5nc(-c6ccc(-c7ccccc7)cc6)nc(-c6ccc7sc8ccccc8c7c6)n5)c([2H])c([2H])c4c3c2[2H])c([2H])c1[2H]. The molecule has 0 atom stereocenters. The Hall–Kier alpha value is -6.01. The van der Waals surface area contributed by atoms with Crippen molar-refractivity contribution in [2.24, 2.45) is 0 Å². The fraction of sp³-hybridized carbons (Fsp3) is 0. The van der Waals surface area contributed by atoms with Gasteiger partial charge in [-0.05, 0) is 64.6 Å². The van der Waals surface area contributed by atoms with Gasteiger partial charge in [0, 0.05) is 57.0 Å². The van der Waals surface area contributed by atoms with Crippen molar-refractivity contribution in [2.75, 3.05) is 0 Å². The van der Waals surface area contributed by atoms with Crippen molar-refractivity contribution in [3.63, 3.8) is 0 Å². The van der Waals surface area contributed by atoms with Crippen LogP contribution in [0.15, 0.2) is 164 Å². The van der Waals surface area contributed by atoms with Crippen molar-refractivity contribution in [3.8, 4) is 56.4 Å². The zero-order chi connectivity index (χ0) is 42.6. The first-order chi connectivity index (χ1) is 29.3. The van der Waals surface area contributed by atoms with Crippen LogP contribution < -0.4 is 0 Å². The van der Waals surface area contributed by atoms with Crippen LogP contribution in [0.5, 0.6) is 0 Å². The molecule has 10 rings (SSSR count). The molecule has 0 aliphatic heterocycles. The normalized spacial score (nSPS) is 14.7. The lowest BCUT2D eigenvalue weighted by molar-refractivity contribution is 1.08. The number of fused-ring (bicyclic) bond motifs is 6. The van der Waals surface area contributed by atoms with Crippen LogP contribution in [0, 0.1) is 0 Å². The number of thiophene rings is 2. The second-order valence-electron chi connectivity index (χ2n) is 11.6. The molecule has 0 amide bonds. The summed E-state index contributed by atoms with van der Waals surface area (Å²) in [6.07, 6.45) is 0. The van der Waals surface area contributed by atoms with Gasteiger partial charge in [-0.1, -0.05) is 121 Å². The largest absolute Gasteiger partial charge is 0.208 e. The standard InChI is InChI=1S/C45H27N3S2/c1-3-9-28(10-4-1)30-15-17-31(18-16-30)43-46-44(33-21-24-40-38(26-33)35-13-7-8-14-39(35)49-40)48-45(47-43)34-19-22-36-37-25-32(29-11-5-2-6-12-29)20-23-41(37)50-42(36)27-34/h1-27H/i2D,5D,6D,11D,12D,19D,20D,22D,23D,25D,27D. The van der Waals surface area contributed by atoms with Gasteiger partial charge in [-0.2, -0.15) is 0 Å². The molecule has 0 aliphatic rings. The first-order valence-corrected chi connectivity index (χ1v) is 17.3. The van der Waals surface area contributed by atoms with Crippen LogP contribution in [0.3, 0.4) is 0 Å². The van der Waals surface area contributed by atoms with Crippen LogP contribution in [0.4, 0.5) is 0 Å². The van der Waals surface area contributed by atoms with Crippen molar-refractivity contribution < 1.29 is 15.1 Å². The minimum atomic E-state index is -0.656. The maximum atomic E-state index is 9.57. The van der Waals surface area contributed by atoms with Gasteiger partial charge in [-0.3, -0.25) is 0 Å². The highest BCUT2D eigenvalue weighted by molar-refractivity contribution is 7.26. The van der Waals surface area contributed by atoms with Gasteiger partial charge in [0.25, 0.3) is 0 Å². The Morgan fingerprint density at radius 1 is 0.360 bits per heavy atom. The summed E-state index contributed by atoms with van der Waals surface area (Å²) in [4.78, 5) is 14.6. The summed E-state index contributed by atoms with van der Waals surface area (Å²) in [5.74, 6) is 0.541. The minimum absolute atomic E-state index is 0.00616. The van der Waals surface area contributed by atoms with E-state index in [2.05, 4.69) is 12.1 Å². The molecule has 0 spiro atoms. The molecule has 7 aromatic carbocycles. The van der Waals surface area contributed by atoms with Crippen molar-refractivity contribution in [1.82, 2.24) is 15.0 Å². The van der Waals surface area contributed by atoms with E-state index in [0.717, 1.165) is 42.6 Å². The average molecular weight is 685 g/mol. The highest BCUT2D eigenvalue weighted by Crippen LogP contribution is 2.39. The summed E-state index contributed by atoms with van der Waals surface area (Å²) in [5, 5.41) is 2.09. The number of hydrogen-bond donors (Lipinski definition) is 0. The molecule has 0 bridgehead atoms. The van der Waals surface area contributed by atoms with Crippen LogP contribution in [-0.4, -0.2) is 15.0 Å². The predicted octanol–water partition coefficient (Wildman–Crippen LogP) is 12.9. The third kappa shape index (κ3) is 5.07. The molecule has 234 valence electrons.